The molecule has 0 aromatic heterocycles. The van der Waals surface area contributed by atoms with Gasteiger partial charge < -0.3 is 4.90 Å². The van der Waals surface area contributed by atoms with Crippen LogP contribution in [0.4, 0.5) is 5.69 Å². The fourth-order valence-electron chi connectivity index (χ4n) is 1.86. The Hall–Kier alpha value is -1.34. The quantitative estimate of drug-likeness (QED) is 0.741. The molecule has 1 unspecified atom stereocenters. The first-order valence-corrected chi connectivity index (χ1v) is 5.98. The summed E-state index contributed by atoms with van der Waals surface area (Å²) in [5.74, 6) is 0.0731. The highest BCUT2D eigenvalue weighted by molar-refractivity contribution is 9.09. The van der Waals surface area contributed by atoms with Crippen LogP contribution in [-0.2, 0) is 4.79 Å². The van der Waals surface area contributed by atoms with Crippen molar-refractivity contribution in [2.75, 3.05) is 11.4 Å². The lowest BCUT2D eigenvalue weighted by atomic mass is 10.1. The zero-order chi connectivity index (χ0) is 11.7. The van der Waals surface area contributed by atoms with E-state index in [1.54, 1.807) is 11.0 Å². The number of anilines is 1. The van der Waals surface area contributed by atoms with Crippen LogP contribution in [0.1, 0.15) is 17.5 Å². The molecule has 1 fully saturated rings. The molecule has 1 aliphatic rings. The normalized spacial score (nSPS) is 19.9. The molecule has 0 N–H and O–H groups in total. The molecule has 1 atom stereocenters. The van der Waals surface area contributed by atoms with E-state index in [-0.39, 0.29) is 10.7 Å². The molecule has 1 aromatic carbocycles. The number of amides is 1. The molecular weight excluding hydrogens is 268 g/mol. The van der Waals surface area contributed by atoms with Crippen molar-refractivity contribution in [3.8, 4) is 6.07 Å². The lowest BCUT2D eigenvalue weighted by Crippen LogP contribution is -2.25. The number of nitrogens with zero attached hydrogens (tertiary/aromatic N) is 2. The van der Waals surface area contributed by atoms with Crippen LogP contribution in [0.15, 0.2) is 18.2 Å². The van der Waals surface area contributed by atoms with Crippen molar-refractivity contribution in [3.05, 3.63) is 29.3 Å². The number of hydrogen-bond donors (Lipinski definition) is 0. The number of alkyl halides is 1. The lowest BCUT2D eigenvalue weighted by Gasteiger charge is -2.17. The SMILES string of the molecule is Cc1ccc(C#N)c(N2CC(Br)CC2=O)c1. The molecule has 1 saturated heterocycles. The molecule has 1 aromatic rings. The standard InChI is InChI=1S/C12H11BrN2O/c1-8-2-3-9(6-14)11(4-8)15-7-10(13)5-12(15)16/h2-4,10H,5,7H2,1H3. The average molecular weight is 279 g/mol. The molecule has 3 nitrogen and oxygen atoms in total. The Morgan fingerprint density at radius 1 is 1.56 bits per heavy atom. The lowest BCUT2D eigenvalue weighted by molar-refractivity contribution is -0.117. The van der Waals surface area contributed by atoms with Gasteiger partial charge in [0.15, 0.2) is 0 Å². The largest absolute Gasteiger partial charge is 0.310 e. The second kappa shape index (κ2) is 4.26. The van der Waals surface area contributed by atoms with Gasteiger partial charge in [0, 0.05) is 17.8 Å². The molecule has 0 saturated carbocycles. The highest BCUT2D eigenvalue weighted by Gasteiger charge is 2.30. The predicted molar refractivity (Wildman–Crippen MR) is 65.6 cm³/mol. The van der Waals surface area contributed by atoms with Gasteiger partial charge in [-0.2, -0.15) is 5.26 Å². The van der Waals surface area contributed by atoms with Crippen molar-refractivity contribution in [3.63, 3.8) is 0 Å². The van der Waals surface area contributed by atoms with E-state index in [1.807, 2.05) is 19.1 Å². The zero-order valence-corrected chi connectivity index (χ0v) is 10.5. The number of hydrogen-bond acceptors (Lipinski definition) is 2. The Morgan fingerprint density at radius 3 is 2.88 bits per heavy atom. The summed E-state index contributed by atoms with van der Waals surface area (Å²) >= 11 is 3.44. The van der Waals surface area contributed by atoms with Crippen LogP contribution in [0, 0.1) is 18.3 Å². The van der Waals surface area contributed by atoms with E-state index < -0.39 is 0 Å². The first-order chi connectivity index (χ1) is 7.61. The van der Waals surface area contributed by atoms with Crippen LogP contribution in [0.2, 0.25) is 0 Å². The summed E-state index contributed by atoms with van der Waals surface area (Å²) in [6.45, 7) is 2.59. The van der Waals surface area contributed by atoms with Crippen LogP contribution in [0.25, 0.3) is 0 Å². The van der Waals surface area contributed by atoms with E-state index in [9.17, 15) is 4.79 Å². The molecule has 1 amide bonds. The van der Waals surface area contributed by atoms with E-state index in [1.165, 1.54) is 0 Å². The van der Waals surface area contributed by atoms with Crippen LogP contribution < -0.4 is 4.90 Å². The maximum Gasteiger partial charge on any atom is 0.228 e. The molecular formula is C12H11BrN2O. The van der Waals surface area contributed by atoms with Gasteiger partial charge in [-0.1, -0.05) is 22.0 Å². The van der Waals surface area contributed by atoms with Gasteiger partial charge in [-0.3, -0.25) is 4.79 Å². The highest BCUT2D eigenvalue weighted by Crippen LogP contribution is 2.28. The van der Waals surface area contributed by atoms with E-state index in [0.29, 0.717) is 18.5 Å². The van der Waals surface area contributed by atoms with Crippen molar-refractivity contribution in [2.45, 2.75) is 18.2 Å². The Morgan fingerprint density at radius 2 is 2.31 bits per heavy atom. The third kappa shape index (κ3) is 1.96. The molecule has 0 aliphatic carbocycles. The minimum atomic E-state index is 0.0731. The third-order valence-corrected chi connectivity index (χ3v) is 3.26. The topological polar surface area (TPSA) is 44.1 Å². The molecule has 1 heterocycles. The number of rotatable bonds is 1. The molecule has 16 heavy (non-hydrogen) atoms. The fraction of sp³-hybridized carbons (Fsp3) is 0.333. The molecule has 82 valence electrons. The summed E-state index contributed by atoms with van der Waals surface area (Å²) in [5.41, 5.74) is 2.34. The monoisotopic (exact) mass is 278 g/mol. The summed E-state index contributed by atoms with van der Waals surface area (Å²) in [6.07, 6.45) is 0.499. The molecule has 1 aliphatic heterocycles. The number of nitriles is 1. The van der Waals surface area contributed by atoms with Crippen LogP contribution >= 0.6 is 15.9 Å². The van der Waals surface area contributed by atoms with Crippen LogP contribution in [0.3, 0.4) is 0 Å². The van der Waals surface area contributed by atoms with Gasteiger partial charge in [-0.05, 0) is 24.6 Å². The predicted octanol–water partition coefficient (Wildman–Crippen LogP) is 2.37. The maximum absolute atomic E-state index is 11.8. The Balaban J connectivity index is 2.44. The molecule has 4 heteroatoms. The zero-order valence-electron chi connectivity index (χ0n) is 8.90. The van der Waals surface area contributed by atoms with Crippen molar-refractivity contribution in [2.24, 2.45) is 0 Å². The van der Waals surface area contributed by atoms with Gasteiger partial charge in [0.05, 0.1) is 11.3 Å². The summed E-state index contributed by atoms with van der Waals surface area (Å²) in [5, 5.41) is 9.02. The first kappa shape index (κ1) is 11.2. The second-order valence-corrected chi connectivity index (χ2v) is 5.23. The smallest absolute Gasteiger partial charge is 0.228 e. The van der Waals surface area contributed by atoms with Gasteiger partial charge in [-0.25, -0.2) is 0 Å². The third-order valence-electron chi connectivity index (χ3n) is 2.64. The minimum absolute atomic E-state index is 0.0731. The Kier molecular flexibility index (Phi) is 2.97. The maximum atomic E-state index is 11.8. The Labute approximate surface area is 103 Å². The summed E-state index contributed by atoms with van der Waals surface area (Å²) in [4.78, 5) is 13.6. The van der Waals surface area contributed by atoms with Gasteiger partial charge in [0.2, 0.25) is 5.91 Å². The first-order valence-electron chi connectivity index (χ1n) is 5.07. The molecule has 0 bridgehead atoms. The summed E-state index contributed by atoms with van der Waals surface area (Å²) < 4.78 is 0. The van der Waals surface area contributed by atoms with Crippen molar-refractivity contribution >= 4 is 27.5 Å². The van der Waals surface area contributed by atoms with Crippen LogP contribution in [-0.4, -0.2) is 17.3 Å². The number of carbonyl (C=O) groups excluding carboxylic acids is 1. The van der Waals surface area contributed by atoms with Gasteiger partial charge in [0.1, 0.15) is 6.07 Å². The van der Waals surface area contributed by atoms with E-state index >= 15 is 0 Å². The van der Waals surface area contributed by atoms with Gasteiger partial charge in [-0.15, -0.1) is 0 Å². The van der Waals surface area contributed by atoms with Crippen LogP contribution in [0.5, 0.6) is 0 Å². The average Bonchev–Trinajstić information content (AvgIpc) is 2.57. The molecule has 0 spiro atoms. The summed E-state index contributed by atoms with van der Waals surface area (Å²) in [7, 11) is 0. The van der Waals surface area contributed by atoms with Crippen molar-refractivity contribution in [1.29, 1.82) is 5.26 Å². The Bertz CT molecular complexity index is 478. The fourth-order valence-corrected chi connectivity index (χ4v) is 2.42. The van der Waals surface area contributed by atoms with Crippen molar-refractivity contribution in [1.82, 2.24) is 0 Å². The minimum Gasteiger partial charge on any atom is -0.310 e. The van der Waals surface area contributed by atoms with E-state index in [4.69, 9.17) is 5.26 Å². The molecule has 2 rings (SSSR count). The van der Waals surface area contributed by atoms with E-state index in [2.05, 4.69) is 22.0 Å². The van der Waals surface area contributed by atoms with Gasteiger partial charge >= 0.3 is 0 Å². The highest BCUT2D eigenvalue weighted by atomic mass is 79.9. The molecule has 0 radical (unpaired) electrons. The summed E-state index contributed by atoms with van der Waals surface area (Å²) in [6, 6.07) is 7.66. The number of benzene rings is 1. The van der Waals surface area contributed by atoms with Crippen molar-refractivity contribution < 1.29 is 4.79 Å². The number of carbonyl (C=O) groups is 1. The number of halogens is 1. The number of aryl methyl sites for hydroxylation is 1. The van der Waals surface area contributed by atoms with Gasteiger partial charge in [0.25, 0.3) is 0 Å². The second-order valence-electron chi connectivity index (χ2n) is 3.94. The van der Waals surface area contributed by atoms with E-state index in [0.717, 1.165) is 11.3 Å².